The maximum Gasteiger partial charge on any atom is 0.253 e. The van der Waals surface area contributed by atoms with E-state index in [0.717, 1.165) is 67.8 Å². The molecule has 1 aliphatic carbocycles. The summed E-state index contributed by atoms with van der Waals surface area (Å²) in [7, 11) is 1.31. The summed E-state index contributed by atoms with van der Waals surface area (Å²) < 4.78 is 16.8. The third kappa shape index (κ3) is 9.12. The van der Waals surface area contributed by atoms with E-state index in [0.29, 0.717) is 33.6 Å². The molecular weight excluding hydrogens is 941 g/mol. The molecule has 19 heteroatoms. The Morgan fingerprint density at radius 1 is 0.795 bits per heavy atom. The van der Waals surface area contributed by atoms with E-state index in [-0.39, 0.29) is 42.4 Å². The Morgan fingerprint density at radius 2 is 1.44 bits per heavy atom. The molecule has 12 atom stereocenters. The predicted molar refractivity (Wildman–Crippen MR) is 269 cm³/mol. The number of nitrogens with one attached hydrogen (secondary N) is 4. The lowest BCUT2D eigenvalue weighted by molar-refractivity contribution is -0.239. The number of amides is 2. The molecule has 4 aliphatic heterocycles. The van der Waals surface area contributed by atoms with Gasteiger partial charge >= 0.3 is 0 Å². The summed E-state index contributed by atoms with van der Waals surface area (Å²) in [6.07, 6.45) is -13.1. The molecule has 2 amide bonds. The Labute approximate surface area is 421 Å². The number of hydrogen-bond acceptors (Lipinski definition) is 15. The van der Waals surface area contributed by atoms with Crippen LogP contribution in [0.15, 0.2) is 36.4 Å². The molecule has 10 unspecified atom stereocenters. The van der Waals surface area contributed by atoms with E-state index in [1.54, 1.807) is 12.1 Å². The number of ketones is 1. The molecule has 1 aromatic carbocycles. The molecule has 7 heterocycles. The lowest BCUT2D eigenvalue weighted by atomic mass is 9.83. The highest BCUT2D eigenvalue weighted by Gasteiger charge is 2.46. The Hall–Kier alpha value is -5.71. The summed E-state index contributed by atoms with van der Waals surface area (Å²) in [5, 5.41) is 77.8. The van der Waals surface area contributed by atoms with Crippen LogP contribution in [0.2, 0.25) is 0 Å². The van der Waals surface area contributed by atoms with E-state index in [2.05, 4.69) is 61.3 Å². The third-order valence-electron chi connectivity index (χ3n) is 15.6. The molecular formula is C54H66N6O13. The summed E-state index contributed by atoms with van der Waals surface area (Å²) in [6.45, 7) is 13.2. The number of rotatable bonds is 12. The molecule has 390 valence electrons. The van der Waals surface area contributed by atoms with Gasteiger partial charge in [-0.1, -0.05) is 39.8 Å². The molecule has 0 radical (unpaired) electrons. The van der Waals surface area contributed by atoms with Gasteiger partial charge in [0.05, 0.1) is 47.0 Å². The molecule has 2 fully saturated rings. The normalized spacial score (nSPS) is 28.0. The first-order valence-electron chi connectivity index (χ1n) is 25.0. The first-order valence-corrected chi connectivity index (χ1v) is 25.0. The van der Waals surface area contributed by atoms with Crippen LogP contribution >= 0.6 is 0 Å². The summed E-state index contributed by atoms with van der Waals surface area (Å²) in [5.41, 5.74) is 13.8. The molecule has 9 rings (SSSR count). The van der Waals surface area contributed by atoms with E-state index >= 15 is 0 Å². The zero-order valence-electron chi connectivity index (χ0n) is 42.2. The van der Waals surface area contributed by atoms with Crippen LogP contribution in [0.5, 0.6) is 0 Å². The van der Waals surface area contributed by atoms with Gasteiger partial charge in [0.1, 0.15) is 48.8 Å². The molecule has 11 N–H and O–H groups in total. The number of aromatic nitrogens is 4. The van der Waals surface area contributed by atoms with Crippen molar-refractivity contribution >= 4 is 50.8 Å². The van der Waals surface area contributed by atoms with Gasteiger partial charge in [-0.25, -0.2) is 4.98 Å². The van der Waals surface area contributed by atoms with Crippen molar-refractivity contribution < 1.29 is 64.3 Å². The number of H-pyrrole nitrogens is 2. The largest absolute Gasteiger partial charge is 0.394 e. The minimum Gasteiger partial charge on any atom is -0.394 e. The lowest BCUT2D eigenvalue weighted by Gasteiger charge is -2.41. The van der Waals surface area contributed by atoms with Crippen LogP contribution in [0, 0.1) is 13.8 Å². The van der Waals surface area contributed by atoms with Gasteiger partial charge in [-0.05, 0) is 97.2 Å². The number of aromatic amines is 2. The number of ether oxygens (including phenoxy) is 3. The summed E-state index contributed by atoms with van der Waals surface area (Å²) in [6, 6.07) is 11.0. The number of carbonyl (C=O) groups excluding carboxylic acids is 3. The number of benzene rings is 1. The molecule has 5 aliphatic rings. The van der Waals surface area contributed by atoms with Crippen molar-refractivity contribution in [2.75, 3.05) is 20.3 Å². The number of carbonyl (C=O) groups is 3. The van der Waals surface area contributed by atoms with E-state index in [1.807, 2.05) is 32.0 Å². The third-order valence-corrected chi connectivity index (χ3v) is 15.6. The molecule has 19 nitrogen and oxygen atoms in total. The number of aryl methyl sites for hydroxylation is 2. The van der Waals surface area contributed by atoms with Crippen molar-refractivity contribution in [2.24, 2.45) is 0 Å². The van der Waals surface area contributed by atoms with E-state index in [1.165, 1.54) is 7.11 Å². The first kappa shape index (κ1) is 52.2. The van der Waals surface area contributed by atoms with Gasteiger partial charge in [0.15, 0.2) is 18.2 Å². The quantitative estimate of drug-likeness (QED) is 0.0967. The lowest BCUT2D eigenvalue weighted by Crippen LogP contribution is -2.63. The summed E-state index contributed by atoms with van der Waals surface area (Å²) >= 11 is 0. The van der Waals surface area contributed by atoms with Crippen LogP contribution in [0.3, 0.4) is 0 Å². The topological polar surface area (TPSA) is 302 Å². The smallest absolute Gasteiger partial charge is 0.253 e. The Balaban J connectivity index is 1.22. The molecule has 3 aromatic heterocycles. The fourth-order valence-corrected chi connectivity index (χ4v) is 11.6. The number of aliphatic hydroxyl groups is 7. The molecule has 73 heavy (non-hydrogen) atoms. The number of nitrogens with zero attached hydrogens (tertiary/aromatic N) is 2. The number of fused-ring (bicyclic) bond motifs is 8. The summed E-state index contributed by atoms with van der Waals surface area (Å²) in [5.74, 6) is -1.95. The Bertz CT molecular complexity index is 3030. The van der Waals surface area contributed by atoms with Crippen molar-refractivity contribution in [1.29, 1.82) is 0 Å². The maximum absolute atomic E-state index is 14.2. The van der Waals surface area contributed by atoms with Gasteiger partial charge in [-0.15, -0.1) is 0 Å². The second-order valence-corrected chi connectivity index (χ2v) is 20.2. The number of aliphatic hydroxyl groups excluding tert-OH is 7. The van der Waals surface area contributed by atoms with Gasteiger partial charge < -0.3 is 70.6 Å². The zero-order valence-corrected chi connectivity index (χ0v) is 42.2. The van der Waals surface area contributed by atoms with Crippen LogP contribution < -0.4 is 10.6 Å². The fourth-order valence-electron chi connectivity index (χ4n) is 11.6. The molecule has 0 spiro atoms. The van der Waals surface area contributed by atoms with E-state index in [4.69, 9.17) is 24.2 Å². The molecule has 4 aromatic rings. The average molecular weight is 1010 g/mol. The molecule has 2 saturated heterocycles. The van der Waals surface area contributed by atoms with Crippen molar-refractivity contribution in [3.05, 3.63) is 92.6 Å². The van der Waals surface area contributed by atoms with E-state index in [9.17, 15) is 50.1 Å². The average Bonchev–Trinajstić information content (AvgIpc) is 4.14. The highest BCUT2D eigenvalue weighted by atomic mass is 16.6. The molecule has 8 bridgehead atoms. The van der Waals surface area contributed by atoms with Crippen LogP contribution in [-0.4, -0.2) is 155 Å². The van der Waals surface area contributed by atoms with Crippen LogP contribution in [-0.2, 0) is 25.4 Å². The van der Waals surface area contributed by atoms with Gasteiger partial charge in [-0.3, -0.25) is 19.4 Å². The fraction of sp³-hybridized carbons (Fsp3) is 0.500. The minimum absolute atomic E-state index is 0.0544. The van der Waals surface area contributed by atoms with Gasteiger partial charge in [0, 0.05) is 65.1 Å². The monoisotopic (exact) mass is 1010 g/mol. The van der Waals surface area contributed by atoms with Crippen LogP contribution in [0.25, 0.3) is 44.3 Å². The van der Waals surface area contributed by atoms with Crippen molar-refractivity contribution in [3.8, 4) is 11.1 Å². The minimum atomic E-state index is -1.68. The van der Waals surface area contributed by atoms with Gasteiger partial charge in [-0.2, -0.15) is 0 Å². The Kier molecular flexibility index (Phi) is 14.7. The number of Topliss-reactive ketones (excluding diaryl/α,β-unsaturated/α-hetero) is 1. The second kappa shape index (κ2) is 20.5. The van der Waals surface area contributed by atoms with Gasteiger partial charge in [0.2, 0.25) is 5.91 Å². The van der Waals surface area contributed by atoms with Crippen LogP contribution in [0.4, 0.5) is 0 Å². The van der Waals surface area contributed by atoms with Crippen molar-refractivity contribution in [3.63, 3.8) is 0 Å². The van der Waals surface area contributed by atoms with E-state index < -0.39 is 92.2 Å². The number of hydrogen-bond donors (Lipinski definition) is 11. The first-order chi connectivity index (χ1) is 34.8. The zero-order chi connectivity index (χ0) is 52.5. The van der Waals surface area contributed by atoms with Crippen LogP contribution in [0.1, 0.15) is 137 Å². The number of methoxy groups -OCH3 is 1. The van der Waals surface area contributed by atoms with Crippen molar-refractivity contribution in [2.45, 2.75) is 153 Å². The highest BCUT2D eigenvalue weighted by Crippen LogP contribution is 2.48. The summed E-state index contributed by atoms with van der Waals surface area (Å²) in [4.78, 5) is 60.1. The highest BCUT2D eigenvalue weighted by molar-refractivity contribution is 6.13. The SMILES string of the molecule is CCC1=C(C)c2cc3[nH]c(c(C)c3C(C)C)c(-c3ccc(C(=O)NC4OC(CO)C(O)C(O)C4OC)cc3)c3nc(c4c5[nH]c(cc1n2)c(C)c5C(=O)C4)[C@@H](CCC(=O)NC1OC(CO)C(O)C(O)C1O)[C@@H]3C. The molecule has 0 saturated carbocycles. The number of allylic oxidation sites excluding steroid dienone is 2. The van der Waals surface area contributed by atoms with Gasteiger partial charge in [0.25, 0.3) is 5.91 Å². The maximum atomic E-state index is 14.2. The second-order valence-electron chi connectivity index (χ2n) is 20.2. The standard InChI is InChI=1S/C54H66N6O13/c1-9-28-22(4)31-18-34-39(21(2)3)25(7)43(57-34)41(26-10-12-27(13-11-26)52(70)60-54-51(71-8)49(68)47(66)37(20-62)73-54)42-23(5)29(14-15-38(64)58-53-50(69)48(67)46(65)36(19-61)72-53)44(59-42)30-16-35(63)40-24(6)32(56-45(30)40)17-33(28)55-31/h10-13,17-18,21,23,29,36-37,46-51,53-54,56-57,61-62,65-69H,9,14-16,19-20H2,1-8H3,(H,58,64)(H,60,70)/t23-,29-,36?,37?,46?,47?,48?,49?,50?,51?,53?,54?/m0/s1. The Morgan fingerprint density at radius 3 is 2.08 bits per heavy atom. The van der Waals surface area contributed by atoms with Crippen molar-refractivity contribution in [1.82, 2.24) is 30.6 Å². The predicted octanol–water partition coefficient (Wildman–Crippen LogP) is 3.57.